The maximum atomic E-state index is 5.75. The first-order valence-corrected chi connectivity index (χ1v) is 5.33. The lowest BCUT2D eigenvalue weighted by atomic mass is 10.1. The number of hydrogen-bond donors (Lipinski definition) is 2. The molecule has 0 unspecified atom stereocenters. The van der Waals surface area contributed by atoms with E-state index in [0.717, 1.165) is 16.6 Å². The van der Waals surface area contributed by atoms with Crippen LogP contribution < -0.4 is 11.1 Å². The highest BCUT2D eigenvalue weighted by atomic mass is 79.9. The fraction of sp³-hybridized carbons (Fsp3) is 0.500. The van der Waals surface area contributed by atoms with Crippen LogP contribution in [-0.4, -0.2) is 10.5 Å². The smallest absolute Gasteiger partial charge is 0.127 e. The Morgan fingerprint density at radius 1 is 1.50 bits per heavy atom. The number of hydrogen-bond acceptors (Lipinski definition) is 3. The molecule has 0 spiro atoms. The van der Waals surface area contributed by atoms with Crippen LogP contribution in [0.15, 0.2) is 16.7 Å². The van der Waals surface area contributed by atoms with Gasteiger partial charge < -0.3 is 11.1 Å². The van der Waals surface area contributed by atoms with Crippen molar-refractivity contribution in [2.45, 2.75) is 32.9 Å². The quantitative estimate of drug-likeness (QED) is 0.855. The summed E-state index contributed by atoms with van der Waals surface area (Å²) in [5.41, 5.74) is 6.86. The Hall–Kier alpha value is -0.610. The van der Waals surface area contributed by atoms with Crippen LogP contribution in [0.1, 0.15) is 26.3 Å². The number of nitrogen functional groups attached to an aromatic ring is 1. The lowest BCUT2D eigenvalue weighted by Gasteiger charge is -2.20. The normalized spacial score (nSPS) is 11.7. The van der Waals surface area contributed by atoms with Crippen LogP contribution in [-0.2, 0) is 6.54 Å². The highest BCUT2D eigenvalue weighted by Crippen LogP contribution is 2.16. The third-order valence-corrected chi connectivity index (χ3v) is 2.21. The Balaban J connectivity index is 2.72. The molecule has 3 N–H and O–H groups in total. The average Bonchev–Trinajstić information content (AvgIpc) is 2.05. The summed E-state index contributed by atoms with van der Waals surface area (Å²) in [6.45, 7) is 7.10. The summed E-state index contributed by atoms with van der Waals surface area (Å²) in [5.74, 6) is 0.588. The van der Waals surface area contributed by atoms with Crippen LogP contribution >= 0.6 is 15.9 Å². The summed E-state index contributed by atoms with van der Waals surface area (Å²) >= 11 is 3.37. The fourth-order valence-electron chi connectivity index (χ4n) is 0.994. The molecule has 14 heavy (non-hydrogen) atoms. The molecule has 3 nitrogen and oxygen atoms in total. The molecular weight excluding hydrogens is 242 g/mol. The number of aromatic nitrogens is 1. The fourth-order valence-corrected chi connectivity index (χ4v) is 1.37. The van der Waals surface area contributed by atoms with E-state index in [1.807, 2.05) is 6.07 Å². The largest absolute Gasteiger partial charge is 0.383 e. The Labute approximate surface area is 93.2 Å². The van der Waals surface area contributed by atoms with Gasteiger partial charge in [0.15, 0.2) is 0 Å². The number of rotatable bonds is 2. The molecule has 0 atom stereocenters. The molecule has 0 saturated carbocycles. The maximum Gasteiger partial charge on any atom is 0.127 e. The standard InChI is InChI=1S/C10H16BrN3/c1-10(2,3)14-5-7-4-8(11)6-13-9(7)12/h4,6,14H,5H2,1-3H3,(H2,12,13). The van der Waals surface area contributed by atoms with E-state index >= 15 is 0 Å². The summed E-state index contributed by atoms with van der Waals surface area (Å²) in [4.78, 5) is 4.07. The molecule has 0 saturated heterocycles. The number of nitrogens with one attached hydrogen (secondary N) is 1. The lowest BCUT2D eigenvalue weighted by Crippen LogP contribution is -2.35. The molecule has 0 fully saturated rings. The summed E-state index contributed by atoms with van der Waals surface area (Å²) in [7, 11) is 0. The molecule has 0 aliphatic carbocycles. The molecule has 1 rings (SSSR count). The first-order valence-electron chi connectivity index (χ1n) is 4.53. The first kappa shape index (κ1) is 11.5. The number of anilines is 1. The first-order chi connectivity index (χ1) is 6.38. The van der Waals surface area contributed by atoms with Gasteiger partial charge in [-0.3, -0.25) is 0 Å². The van der Waals surface area contributed by atoms with Crippen molar-refractivity contribution < 1.29 is 0 Å². The van der Waals surface area contributed by atoms with Crippen LogP contribution in [0, 0.1) is 0 Å². The lowest BCUT2D eigenvalue weighted by molar-refractivity contribution is 0.424. The van der Waals surface area contributed by atoms with Crippen molar-refractivity contribution in [2.24, 2.45) is 0 Å². The number of pyridine rings is 1. The van der Waals surface area contributed by atoms with E-state index in [-0.39, 0.29) is 5.54 Å². The third-order valence-electron chi connectivity index (χ3n) is 1.78. The molecule has 0 aliphatic heterocycles. The Morgan fingerprint density at radius 3 is 2.71 bits per heavy atom. The van der Waals surface area contributed by atoms with Crippen LogP contribution in [0.5, 0.6) is 0 Å². The zero-order chi connectivity index (χ0) is 10.8. The van der Waals surface area contributed by atoms with E-state index in [2.05, 4.69) is 47.0 Å². The Morgan fingerprint density at radius 2 is 2.14 bits per heavy atom. The van der Waals surface area contributed by atoms with Crippen molar-refractivity contribution in [1.29, 1.82) is 0 Å². The van der Waals surface area contributed by atoms with Gasteiger partial charge in [-0.1, -0.05) is 0 Å². The molecule has 0 radical (unpaired) electrons. The highest BCUT2D eigenvalue weighted by molar-refractivity contribution is 9.10. The van der Waals surface area contributed by atoms with Gasteiger partial charge in [-0.15, -0.1) is 0 Å². The molecule has 1 aromatic rings. The van der Waals surface area contributed by atoms with Crippen LogP contribution in [0.25, 0.3) is 0 Å². The van der Waals surface area contributed by atoms with E-state index in [1.54, 1.807) is 6.20 Å². The molecule has 4 heteroatoms. The summed E-state index contributed by atoms with van der Waals surface area (Å²) in [6.07, 6.45) is 1.70. The van der Waals surface area contributed by atoms with Gasteiger partial charge in [0, 0.05) is 28.3 Å². The minimum absolute atomic E-state index is 0.0920. The number of nitrogens with two attached hydrogens (primary N) is 1. The Bertz CT molecular complexity index is 318. The molecule has 78 valence electrons. The summed E-state index contributed by atoms with van der Waals surface area (Å²) in [5, 5.41) is 3.37. The molecule has 0 bridgehead atoms. The summed E-state index contributed by atoms with van der Waals surface area (Å²) in [6, 6.07) is 1.99. The van der Waals surface area contributed by atoms with Crippen molar-refractivity contribution >= 4 is 21.7 Å². The monoisotopic (exact) mass is 257 g/mol. The second-order valence-corrected chi connectivity index (χ2v) is 5.22. The van der Waals surface area contributed by atoms with Crippen molar-refractivity contribution in [1.82, 2.24) is 10.3 Å². The van der Waals surface area contributed by atoms with E-state index in [4.69, 9.17) is 5.73 Å². The van der Waals surface area contributed by atoms with E-state index < -0.39 is 0 Å². The van der Waals surface area contributed by atoms with Gasteiger partial charge in [-0.05, 0) is 42.8 Å². The molecular formula is C10H16BrN3. The van der Waals surface area contributed by atoms with E-state index in [9.17, 15) is 0 Å². The van der Waals surface area contributed by atoms with Gasteiger partial charge in [0.2, 0.25) is 0 Å². The van der Waals surface area contributed by atoms with Gasteiger partial charge in [0.05, 0.1) is 0 Å². The SMILES string of the molecule is CC(C)(C)NCc1cc(Br)cnc1N. The highest BCUT2D eigenvalue weighted by Gasteiger charge is 2.10. The number of halogens is 1. The van der Waals surface area contributed by atoms with Crippen LogP contribution in [0.3, 0.4) is 0 Å². The zero-order valence-corrected chi connectivity index (χ0v) is 10.4. The van der Waals surface area contributed by atoms with Crippen LogP contribution in [0.4, 0.5) is 5.82 Å². The third kappa shape index (κ3) is 3.64. The zero-order valence-electron chi connectivity index (χ0n) is 8.76. The number of nitrogens with zero attached hydrogens (tertiary/aromatic N) is 1. The second-order valence-electron chi connectivity index (χ2n) is 4.30. The van der Waals surface area contributed by atoms with Gasteiger partial charge in [0.25, 0.3) is 0 Å². The van der Waals surface area contributed by atoms with Crippen molar-refractivity contribution in [3.63, 3.8) is 0 Å². The molecule has 0 amide bonds. The van der Waals surface area contributed by atoms with Gasteiger partial charge in [-0.2, -0.15) is 0 Å². The van der Waals surface area contributed by atoms with E-state index in [1.165, 1.54) is 0 Å². The van der Waals surface area contributed by atoms with Crippen LogP contribution in [0.2, 0.25) is 0 Å². The summed E-state index contributed by atoms with van der Waals surface area (Å²) < 4.78 is 0.956. The molecule has 0 aromatic carbocycles. The Kier molecular flexibility index (Phi) is 3.50. The predicted molar refractivity (Wildman–Crippen MR) is 62.9 cm³/mol. The minimum Gasteiger partial charge on any atom is -0.383 e. The van der Waals surface area contributed by atoms with Gasteiger partial charge in [-0.25, -0.2) is 4.98 Å². The van der Waals surface area contributed by atoms with Gasteiger partial charge >= 0.3 is 0 Å². The minimum atomic E-state index is 0.0920. The van der Waals surface area contributed by atoms with Crippen molar-refractivity contribution in [2.75, 3.05) is 5.73 Å². The molecule has 1 aromatic heterocycles. The molecule has 1 heterocycles. The van der Waals surface area contributed by atoms with E-state index in [0.29, 0.717) is 5.82 Å². The second kappa shape index (κ2) is 4.28. The maximum absolute atomic E-state index is 5.75. The van der Waals surface area contributed by atoms with Gasteiger partial charge in [0.1, 0.15) is 5.82 Å². The average molecular weight is 258 g/mol. The van der Waals surface area contributed by atoms with Crippen molar-refractivity contribution in [3.05, 3.63) is 22.3 Å². The molecule has 0 aliphatic rings. The predicted octanol–water partition coefficient (Wildman–Crippen LogP) is 2.31. The van der Waals surface area contributed by atoms with Crippen molar-refractivity contribution in [3.8, 4) is 0 Å². The topological polar surface area (TPSA) is 50.9 Å².